The Labute approximate surface area is 121 Å². The minimum atomic E-state index is 0.328. The summed E-state index contributed by atoms with van der Waals surface area (Å²) in [5.41, 5.74) is 1.55. The number of nitrogens with zero attached hydrogens (tertiary/aromatic N) is 3. The zero-order valence-corrected chi connectivity index (χ0v) is 12.0. The molecule has 5 nitrogen and oxygen atoms in total. The van der Waals surface area contributed by atoms with Crippen LogP contribution >= 0.6 is 23.8 Å². The molecule has 0 aromatic carbocycles. The largest absolute Gasteiger partial charge is 0.329 e. The van der Waals surface area contributed by atoms with E-state index in [1.54, 1.807) is 19.3 Å². The van der Waals surface area contributed by atoms with E-state index in [0.29, 0.717) is 27.6 Å². The summed E-state index contributed by atoms with van der Waals surface area (Å²) >= 11 is 11.2. The number of hydrogen-bond acceptors (Lipinski definition) is 4. The molecular formula is C12H12ClN5S. The second-order valence-corrected chi connectivity index (χ2v) is 4.64. The van der Waals surface area contributed by atoms with Crippen molar-refractivity contribution in [1.29, 1.82) is 0 Å². The Bertz CT molecular complexity index is 617. The summed E-state index contributed by atoms with van der Waals surface area (Å²) in [6, 6.07) is 3.81. The Morgan fingerprint density at radius 3 is 2.74 bits per heavy atom. The number of nitrogens with one attached hydrogen (secondary N) is 2. The van der Waals surface area contributed by atoms with Gasteiger partial charge in [-0.1, -0.05) is 17.7 Å². The van der Waals surface area contributed by atoms with Crippen LogP contribution in [-0.4, -0.2) is 20.1 Å². The van der Waals surface area contributed by atoms with Crippen molar-refractivity contribution in [2.24, 2.45) is 0 Å². The van der Waals surface area contributed by atoms with Gasteiger partial charge in [-0.2, -0.15) is 0 Å². The summed E-state index contributed by atoms with van der Waals surface area (Å²) in [7, 11) is 0. The molecule has 0 saturated carbocycles. The lowest BCUT2D eigenvalue weighted by Crippen LogP contribution is -2.21. The first-order chi connectivity index (χ1) is 9.06. The van der Waals surface area contributed by atoms with E-state index in [-0.39, 0.29) is 0 Å². The molecule has 7 heteroatoms. The van der Waals surface area contributed by atoms with Gasteiger partial charge < -0.3 is 10.6 Å². The smallest absolute Gasteiger partial charge is 0.176 e. The van der Waals surface area contributed by atoms with E-state index >= 15 is 0 Å². The van der Waals surface area contributed by atoms with E-state index in [1.807, 2.05) is 19.1 Å². The molecule has 98 valence electrons. The highest BCUT2D eigenvalue weighted by Gasteiger charge is 2.06. The fourth-order valence-corrected chi connectivity index (χ4v) is 1.83. The first-order valence-electron chi connectivity index (χ1n) is 5.55. The number of halogens is 1. The fraction of sp³-hybridized carbons (Fsp3) is 0.167. The van der Waals surface area contributed by atoms with Crippen molar-refractivity contribution in [2.45, 2.75) is 13.8 Å². The lowest BCUT2D eigenvalue weighted by atomic mass is 10.3. The molecule has 0 aliphatic rings. The molecule has 0 saturated heterocycles. The van der Waals surface area contributed by atoms with Crippen LogP contribution in [0.4, 0.5) is 11.5 Å². The van der Waals surface area contributed by atoms with Crippen molar-refractivity contribution in [3.63, 3.8) is 0 Å². The third kappa shape index (κ3) is 3.59. The predicted octanol–water partition coefficient (Wildman–Crippen LogP) is 2.95. The number of thiocarbonyl (C=S) groups is 1. The first-order valence-corrected chi connectivity index (χ1v) is 6.33. The first kappa shape index (κ1) is 13.6. The summed E-state index contributed by atoms with van der Waals surface area (Å²) in [6.45, 7) is 3.71. The second kappa shape index (κ2) is 5.90. The van der Waals surface area contributed by atoms with Crippen molar-refractivity contribution < 1.29 is 0 Å². The number of pyridine rings is 1. The van der Waals surface area contributed by atoms with Crippen molar-refractivity contribution in [2.75, 3.05) is 10.6 Å². The molecule has 2 aromatic rings. The third-order valence-corrected chi connectivity index (χ3v) is 2.84. The fourth-order valence-electron chi connectivity index (χ4n) is 1.40. The highest BCUT2D eigenvalue weighted by molar-refractivity contribution is 7.80. The topological polar surface area (TPSA) is 62.7 Å². The Kier molecular flexibility index (Phi) is 4.24. The third-order valence-electron chi connectivity index (χ3n) is 2.35. The molecule has 19 heavy (non-hydrogen) atoms. The Hall–Kier alpha value is -1.79. The van der Waals surface area contributed by atoms with E-state index in [2.05, 4.69) is 25.6 Å². The van der Waals surface area contributed by atoms with Crippen LogP contribution in [0.5, 0.6) is 0 Å². The standard InChI is InChI=1S/C12H12ClN5S/c1-7-4-3-5-14-11(7)18-12(19)17-9-6-15-8(2)16-10(9)13/h3-6H,1-2H3,(H2,14,17,18,19). The molecule has 0 bridgehead atoms. The van der Waals surface area contributed by atoms with Gasteiger partial charge in [0.2, 0.25) is 0 Å². The maximum atomic E-state index is 5.99. The van der Waals surface area contributed by atoms with Crippen LogP contribution in [0.25, 0.3) is 0 Å². The zero-order valence-electron chi connectivity index (χ0n) is 10.4. The van der Waals surface area contributed by atoms with E-state index in [4.69, 9.17) is 23.8 Å². The van der Waals surface area contributed by atoms with Crippen molar-refractivity contribution in [1.82, 2.24) is 15.0 Å². The van der Waals surface area contributed by atoms with Crippen LogP contribution in [-0.2, 0) is 0 Å². The van der Waals surface area contributed by atoms with Crippen molar-refractivity contribution >= 4 is 40.4 Å². The Balaban J connectivity index is 2.08. The molecular weight excluding hydrogens is 282 g/mol. The number of aryl methyl sites for hydroxylation is 2. The monoisotopic (exact) mass is 293 g/mol. The molecule has 0 aliphatic carbocycles. The van der Waals surface area contributed by atoms with Gasteiger partial charge in [0.15, 0.2) is 10.3 Å². The van der Waals surface area contributed by atoms with Gasteiger partial charge in [0.05, 0.1) is 11.9 Å². The average molecular weight is 294 g/mol. The molecule has 0 amide bonds. The quantitative estimate of drug-likeness (QED) is 0.656. The van der Waals surface area contributed by atoms with Crippen LogP contribution in [0.3, 0.4) is 0 Å². The van der Waals surface area contributed by atoms with Gasteiger partial charge in [0.25, 0.3) is 0 Å². The number of rotatable bonds is 2. The van der Waals surface area contributed by atoms with Gasteiger partial charge in [-0.25, -0.2) is 15.0 Å². The van der Waals surface area contributed by atoms with Crippen molar-refractivity contribution in [3.8, 4) is 0 Å². The molecule has 0 radical (unpaired) electrons. The number of hydrogen-bond donors (Lipinski definition) is 2. The molecule has 0 aliphatic heterocycles. The van der Waals surface area contributed by atoms with E-state index in [1.165, 1.54) is 0 Å². The normalized spacial score (nSPS) is 10.1. The van der Waals surface area contributed by atoms with Gasteiger partial charge in [-0.05, 0) is 37.7 Å². The predicted molar refractivity (Wildman–Crippen MR) is 80.6 cm³/mol. The number of aromatic nitrogens is 3. The molecule has 0 spiro atoms. The molecule has 2 aromatic heterocycles. The van der Waals surface area contributed by atoms with Gasteiger partial charge in [-0.3, -0.25) is 0 Å². The summed E-state index contributed by atoms with van der Waals surface area (Å²) in [6.07, 6.45) is 3.28. The zero-order chi connectivity index (χ0) is 13.8. The maximum Gasteiger partial charge on any atom is 0.176 e. The molecule has 0 atom stereocenters. The molecule has 2 N–H and O–H groups in total. The van der Waals surface area contributed by atoms with Crippen molar-refractivity contribution in [3.05, 3.63) is 41.1 Å². The summed E-state index contributed by atoms with van der Waals surface area (Å²) < 4.78 is 0. The highest BCUT2D eigenvalue weighted by Crippen LogP contribution is 2.18. The van der Waals surface area contributed by atoms with Crippen LogP contribution in [0.1, 0.15) is 11.4 Å². The summed E-state index contributed by atoms with van der Waals surface area (Å²) in [5, 5.41) is 6.65. The van der Waals surface area contributed by atoms with Gasteiger partial charge in [0.1, 0.15) is 11.6 Å². The average Bonchev–Trinajstić information content (AvgIpc) is 2.36. The number of anilines is 2. The summed E-state index contributed by atoms with van der Waals surface area (Å²) in [4.78, 5) is 12.3. The van der Waals surface area contributed by atoms with Crippen LogP contribution in [0.2, 0.25) is 5.15 Å². The van der Waals surface area contributed by atoms with Crippen LogP contribution in [0.15, 0.2) is 24.5 Å². The minimum absolute atomic E-state index is 0.328. The SMILES string of the molecule is Cc1ncc(NC(=S)Nc2ncccc2C)c(Cl)n1. The lowest BCUT2D eigenvalue weighted by Gasteiger charge is -2.11. The van der Waals surface area contributed by atoms with E-state index in [9.17, 15) is 0 Å². The van der Waals surface area contributed by atoms with E-state index in [0.717, 1.165) is 5.56 Å². The highest BCUT2D eigenvalue weighted by atomic mass is 35.5. The molecule has 2 heterocycles. The second-order valence-electron chi connectivity index (χ2n) is 3.87. The van der Waals surface area contributed by atoms with Gasteiger partial charge >= 0.3 is 0 Å². The molecule has 2 rings (SSSR count). The van der Waals surface area contributed by atoms with Crippen LogP contribution < -0.4 is 10.6 Å². The van der Waals surface area contributed by atoms with Gasteiger partial charge in [0, 0.05) is 6.20 Å². The van der Waals surface area contributed by atoms with E-state index < -0.39 is 0 Å². The van der Waals surface area contributed by atoms with Gasteiger partial charge in [-0.15, -0.1) is 0 Å². The molecule has 0 unspecified atom stereocenters. The lowest BCUT2D eigenvalue weighted by molar-refractivity contribution is 1.06. The van der Waals surface area contributed by atoms with Crippen LogP contribution in [0, 0.1) is 13.8 Å². The Morgan fingerprint density at radius 2 is 2.05 bits per heavy atom. The summed E-state index contributed by atoms with van der Waals surface area (Å²) in [5.74, 6) is 1.30. The molecule has 0 fully saturated rings. The maximum absolute atomic E-state index is 5.99. The minimum Gasteiger partial charge on any atom is -0.329 e. The Morgan fingerprint density at radius 1 is 1.26 bits per heavy atom.